The van der Waals surface area contributed by atoms with Crippen molar-refractivity contribution in [3.63, 3.8) is 0 Å². The van der Waals surface area contributed by atoms with Crippen LogP contribution in [0.5, 0.6) is 0 Å². The molecule has 0 aromatic rings. The number of nitrogens with one attached hydrogen (secondary N) is 1. The van der Waals surface area contributed by atoms with Crippen LogP contribution in [0.4, 0.5) is 0 Å². The fraction of sp³-hybridized carbons (Fsp3) is 1.00. The topological polar surface area (TPSA) is 32.3 Å². The summed E-state index contributed by atoms with van der Waals surface area (Å²) in [6, 6.07) is 0.474. The van der Waals surface area contributed by atoms with Crippen LogP contribution in [0, 0.1) is 0 Å². The van der Waals surface area contributed by atoms with Crippen LogP contribution in [0.15, 0.2) is 0 Å². The molecule has 0 aliphatic carbocycles. The lowest BCUT2D eigenvalue weighted by Crippen LogP contribution is -2.39. The highest BCUT2D eigenvalue weighted by molar-refractivity contribution is 7.98. The van der Waals surface area contributed by atoms with Gasteiger partial charge in [-0.15, -0.1) is 0 Å². The van der Waals surface area contributed by atoms with E-state index < -0.39 is 0 Å². The van der Waals surface area contributed by atoms with Gasteiger partial charge in [-0.3, -0.25) is 0 Å². The molecule has 1 atom stereocenters. The van der Waals surface area contributed by atoms with Crippen molar-refractivity contribution in [3.05, 3.63) is 0 Å². The molecule has 0 saturated carbocycles. The van der Waals surface area contributed by atoms with Crippen molar-refractivity contribution in [2.45, 2.75) is 32.6 Å². The lowest BCUT2D eigenvalue weighted by Gasteiger charge is -2.16. The summed E-state index contributed by atoms with van der Waals surface area (Å²) >= 11 is 1.85. The maximum Gasteiger partial charge on any atom is 0.373 e. The minimum absolute atomic E-state index is 0.373. The van der Waals surface area contributed by atoms with Crippen LogP contribution in [0.25, 0.3) is 0 Å². The van der Waals surface area contributed by atoms with Crippen LogP contribution in [0.3, 0.4) is 0 Å². The molecule has 2 N–H and O–H groups in total. The predicted octanol–water partition coefficient (Wildman–Crippen LogP) is 1.22. The van der Waals surface area contributed by atoms with E-state index in [1.54, 1.807) is 6.82 Å². The summed E-state index contributed by atoms with van der Waals surface area (Å²) in [4.78, 5) is 0. The molecule has 0 fully saturated rings. The van der Waals surface area contributed by atoms with E-state index in [4.69, 9.17) is 5.02 Å². The Morgan fingerprint density at radius 2 is 2.27 bits per heavy atom. The van der Waals surface area contributed by atoms with Crippen molar-refractivity contribution in [1.29, 1.82) is 0 Å². The Hall–Kier alpha value is 0.335. The molecular formula is C7H18BNOS. The first-order chi connectivity index (χ1) is 5.20. The smallest absolute Gasteiger partial charge is 0.373 e. The fourth-order valence-corrected chi connectivity index (χ4v) is 1.53. The van der Waals surface area contributed by atoms with Gasteiger partial charge < -0.3 is 10.3 Å². The zero-order chi connectivity index (χ0) is 8.69. The molecule has 0 saturated heterocycles. The molecule has 0 bridgehead atoms. The summed E-state index contributed by atoms with van der Waals surface area (Å²) in [5, 5.41) is 12.1. The van der Waals surface area contributed by atoms with Crippen molar-refractivity contribution in [2.24, 2.45) is 0 Å². The summed E-state index contributed by atoms with van der Waals surface area (Å²) in [6.45, 7) is 3.90. The average Bonchev–Trinajstić information content (AvgIpc) is 1.97. The van der Waals surface area contributed by atoms with Gasteiger partial charge >= 0.3 is 7.05 Å². The standard InChI is InChI=1S/C7H18BNOS/c1-4-7(5-6-11-3)9-8(2)10/h7,9-10H,4-6H2,1-3H3/t7-/m1/s1. The van der Waals surface area contributed by atoms with Gasteiger partial charge in [-0.05, 0) is 37.7 Å². The molecule has 11 heavy (non-hydrogen) atoms. The summed E-state index contributed by atoms with van der Waals surface area (Å²) in [7, 11) is -0.373. The molecule has 0 aliphatic rings. The molecule has 0 amide bonds. The maximum atomic E-state index is 9.04. The van der Waals surface area contributed by atoms with Crippen LogP contribution < -0.4 is 5.23 Å². The van der Waals surface area contributed by atoms with Gasteiger partial charge in [0.1, 0.15) is 0 Å². The van der Waals surface area contributed by atoms with Gasteiger partial charge in [0.2, 0.25) is 0 Å². The zero-order valence-electron chi connectivity index (χ0n) is 7.63. The van der Waals surface area contributed by atoms with Gasteiger partial charge in [0.05, 0.1) is 0 Å². The highest BCUT2D eigenvalue weighted by Gasteiger charge is 2.09. The summed E-state index contributed by atoms with van der Waals surface area (Å²) < 4.78 is 0. The molecule has 4 heteroatoms. The third-order valence-electron chi connectivity index (χ3n) is 1.64. The Kier molecular flexibility index (Phi) is 7.22. The quantitative estimate of drug-likeness (QED) is 0.595. The van der Waals surface area contributed by atoms with E-state index in [-0.39, 0.29) is 7.05 Å². The minimum atomic E-state index is -0.373. The van der Waals surface area contributed by atoms with Crippen LogP contribution >= 0.6 is 11.8 Å². The van der Waals surface area contributed by atoms with Crippen molar-refractivity contribution in [3.8, 4) is 0 Å². The van der Waals surface area contributed by atoms with Gasteiger partial charge in [0, 0.05) is 0 Å². The molecule has 66 valence electrons. The molecule has 0 aliphatic heterocycles. The van der Waals surface area contributed by atoms with Crippen molar-refractivity contribution in [1.82, 2.24) is 5.23 Å². The third-order valence-corrected chi connectivity index (χ3v) is 2.28. The van der Waals surface area contributed by atoms with E-state index >= 15 is 0 Å². The third kappa shape index (κ3) is 6.72. The van der Waals surface area contributed by atoms with E-state index in [1.807, 2.05) is 11.8 Å². The second-order valence-electron chi connectivity index (χ2n) is 2.73. The molecule has 0 aromatic carbocycles. The molecule has 0 heterocycles. The van der Waals surface area contributed by atoms with Crippen molar-refractivity contribution < 1.29 is 5.02 Å². The lowest BCUT2D eigenvalue weighted by molar-refractivity contribution is 0.500. The normalized spacial score (nSPS) is 13.1. The molecule has 2 nitrogen and oxygen atoms in total. The van der Waals surface area contributed by atoms with E-state index in [1.165, 1.54) is 0 Å². The fourth-order valence-electron chi connectivity index (χ4n) is 1.01. The summed E-state index contributed by atoms with van der Waals surface area (Å²) in [5.41, 5.74) is 0. The van der Waals surface area contributed by atoms with Gasteiger partial charge in [-0.1, -0.05) is 6.92 Å². The zero-order valence-corrected chi connectivity index (χ0v) is 8.45. The van der Waals surface area contributed by atoms with Gasteiger partial charge in [0.25, 0.3) is 0 Å². The number of hydrogen-bond donors (Lipinski definition) is 2. The SMILES string of the molecule is CC[C@H](CCSC)NB(C)O. The number of rotatable bonds is 6. The molecule has 0 spiro atoms. The predicted molar refractivity (Wildman–Crippen MR) is 54.1 cm³/mol. The number of thioether (sulfide) groups is 1. The van der Waals surface area contributed by atoms with Crippen LogP contribution in [-0.4, -0.2) is 30.1 Å². The average molecular weight is 175 g/mol. The second kappa shape index (κ2) is 7.01. The highest BCUT2D eigenvalue weighted by Crippen LogP contribution is 2.03. The van der Waals surface area contributed by atoms with Crippen molar-refractivity contribution >= 4 is 18.8 Å². The van der Waals surface area contributed by atoms with E-state index in [0.29, 0.717) is 6.04 Å². The van der Waals surface area contributed by atoms with Gasteiger partial charge in [0.15, 0.2) is 0 Å². The van der Waals surface area contributed by atoms with E-state index in [2.05, 4.69) is 18.4 Å². The molecule has 0 rings (SSSR count). The maximum absolute atomic E-state index is 9.04. The number of hydrogen-bond acceptors (Lipinski definition) is 3. The van der Waals surface area contributed by atoms with Gasteiger partial charge in [-0.25, -0.2) is 0 Å². The first kappa shape index (κ1) is 11.3. The van der Waals surface area contributed by atoms with Gasteiger partial charge in [-0.2, -0.15) is 11.8 Å². The highest BCUT2D eigenvalue weighted by atomic mass is 32.2. The lowest BCUT2D eigenvalue weighted by atomic mass is 9.86. The monoisotopic (exact) mass is 175 g/mol. The van der Waals surface area contributed by atoms with Crippen LogP contribution in [-0.2, 0) is 0 Å². The summed E-state index contributed by atoms with van der Waals surface area (Å²) in [6.07, 6.45) is 4.34. The Bertz CT molecular complexity index is 92.5. The first-order valence-electron chi connectivity index (χ1n) is 4.13. The Morgan fingerprint density at radius 1 is 1.64 bits per heavy atom. The first-order valence-corrected chi connectivity index (χ1v) is 5.53. The Labute approximate surface area is 74.3 Å². The van der Waals surface area contributed by atoms with Crippen LogP contribution in [0.2, 0.25) is 6.82 Å². The largest absolute Gasteiger partial charge is 0.437 e. The molecule has 0 unspecified atom stereocenters. The molecule has 0 radical (unpaired) electrons. The second-order valence-corrected chi connectivity index (χ2v) is 3.71. The Morgan fingerprint density at radius 3 is 2.64 bits per heavy atom. The van der Waals surface area contributed by atoms with E-state index in [0.717, 1.165) is 18.6 Å². The summed E-state index contributed by atoms with van der Waals surface area (Å²) in [5.74, 6) is 1.16. The molecule has 0 aromatic heterocycles. The minimum Gasteiger partial charge on any atom is -0.437 e. The molecular weight excluding hydrogens is 157 g/mol. The van der Waals surface area contributed by atoms with E-state index in [9.17, 15) is 0 Å². The Balaban J connectivity index is 3.41. The van der Waals surface area contributed by atoms with Crippen molar-refractivity contribution in [2.75, 3.05) is 12.0 Å². The van der Waals surface area contributed by atoms with Crippen LogP contribution in [0.1, 0.15) is 19.8 Å².